The molecule has 0 saturated carbocycles. The molecule has 4 nitrogen and oxygen atoms in total. The second kappa shape index (κ2) is 7.69. The molecule has 1 aromatic rings. The Kier molecular flexibility index (Phi) is 6.19. The second-order valence-electron chi connectivity index (χ2n) is 4.54. The van der Waals surface area contributed by atoms with Gasteiger partial charge in [-0.05, 0) is 25.0 Å². The lowest BCUT2D eigenvalue weighted by Crippen LogP contribution is -2.35. The average molecular weight is 249 g/mol. The van der Waals surface area contributed by atoms with Crippen molar-refractivity contribution in [1.29, 1.82) is 0 Å². The lowest BCUT2D eigenvalue weighted by Gasteiger charge is -2.17. The molecular formula is C14H23N3O. The molecule has 0 radical (unpaired) electrons. The fraction of sp³-hybridized carbons (Fsp3) is 0.571. The van der Waals surface area contributed by atoms with Gasteiger partial charge in [0, 0.05) is 12.2 Å². The first kappa shape index (κ1) is 14.5. The van der Waals surface area contributed by atoms with E-state index in [0.717, 1.165) is 32.1 Å². The zero-order chi connectivity index (χ0) is 13.4. The Morgan fingerprint density at radius 1 is 1.39 bits per heavy atom. The molecule has 100 valence electrons. The van der Waals surface area contributed by atoms with Crippen molar-refractivity contribution in [3.8, 4) is 0 Å². The van der Waals surface area contributed by atoms with Crippen LogP contribution in [0, 0.1) is 0 Å². The van der Waals surface area contributed by atoms with Gasteiger partial charge in [0.05, 0.1) is 5.69 Å². The highest BCUT2D eigenvalue weighted by atomic mass is 16.1. The molecule has 4 heteroatoms. The van der Waals surface area contributed by atoms with E-state index in [9.17, 15) is 4.79 Å². The molecule has 1 unspecified atom stereocenters. The van der Waals surface area contributed by atoms with Crippen molar-refractivity contribution in [3.05, 3.63) is 24.0 Å². The predicted octanol–water partition coefficient (Wildman–Crippen LogP) is 2.75. The monoisotopic (exact) mass is 249 g/mol. The number of rotatable bonds is 7. The molecule has 1 rings (SSSR count). The van der Waals surface area contributed by atoms with Gasteiger partial charge in [-0.25, -0.2) is 4.98 Å². The summed E-state index contributed by atoms with van der Waals surface area (Å²) in [5.74, 6) is -0.164. The van der Waals surface area contributed by atoms with E-state index >= 15 is 0 Å². The largest absolute Gasteiger partial charge is 0.397 e. The number of hydrogen-bond donors (Lipinski definition) is 2. The summed E-state index contributed by atoms with van der Waals surface area (Å²) in [6, 6.07) is 3.65. The molecular weight excluding hydrogens is 226 g/mol. The average Bonchev–Trinajstić information content (AvgIpc) is 2.36. The molecule has 0 spiro atoms. The van der Waals surface area contributed by atoms with Gasteiger partial charge in [0.25, 0.3) is 5.91 Å². The Hall–Kier alpha value is -1.58. The van der Waals surface area contributed by atoms with Crippen LogP contribution < -0.4 is 11.1 Å². The van der Waals surface area contributed by atoms with Crippen molar-refractivity contribution in [2.45, 2.75) is 52.0 Å². The Balaban J connectivity index is 2.63. The van der Waals surface area contributed by atoms with E-state index in [1.807, 2.05) is 0 Å². The van der Waals surface area contributed by atoms with Crippen LogP contribution in [0.1, 0.15) is 56.4 Å². The minimum absolute atomic E-state index is 0.164. The fourth-order valence-electron chi connectivity index (χ4n) is 1.95. The molecule has 0 aromatic carbocycles. The van der Waals surface area contributed by atoms with Crippen LogP contribution >= 0.6 is 0 Å². The summed E-state index contributed by atoms with van der Waals surface area (Å²) < 4.78 is 0. The highest BCUT2D eigenvalue weighted by molar-refractivity contribution is 5.97. The van der Waals surface area contributed by atoms with Crippen LogP contribution in [0.25, 0.3) is 0 Å². The van der Waals surface area contributed by atoms with Gasteiger partial charge >= 0.3 is 0 Å². The van der Waals surface area contributed by atoms with Crippen molar-refractivity contribution in [1.82, 2.24) is 10.3 Å². The van der Waals surface area contributed by atoms with Crippen LogP contribution in [0.5, 0.6) is 0 Å². The van der Waals surface area contributed by atoms with E-state index < -0.39 is 0 Å². The number of unbranched alkanes of at least 4 members (excludes halogenated alkanes) is 1. The van der Waals surface area contributed by atoms with Gasteiger partial charge in [-0.2, -0.15) is 0 Å². The van der Waals surface area contributed by atoms with E-state index in [1.54, 1.807) is 18.3 Å². The minimum atomic E-state index is -0.164. The highest BCUT2D eigenvalue weighted by Gasteiger charge is 2.15. The van der Waals surface area contributed by atoms with Gasteiger partial charge < -0.3 is 11.1 Å². The number of nitrogens with one attached hydrogen (secondary N) is 1. The van der Waals surface area contributed by atoms with Crippen LogP contribution in [0.15, 0.2) is 18.3 Å². The summed E-state index contributed by atoms with van der Waals surface area (Å²) in [6.07, 6.45) is 6.93. The van der Waals surface area contributed by atoms with Gasteiger partial charge in [0.1, 0.15) is 0 Å². The maximum absolute atomic E-state index is 12.1. The lowest BCUT2D eigenvalue weighted by atomic mass is 10.0. The number of nitrogens with two attached hydrogens (primary N) is 1. The summed E-state index contributed by atoms with van der Waals surface area (Å²) in [7, 11) is 0. The summed E-state index contributed by atoms with van der Waals surface area (Å²) in [5, 5.41) is 3.03. The van der Waals surface area contributed by atoms with E-state index in [2.05, 4.69) is 24.1 Å². The highest BCUT2D eigenvalue weighted by Crippen LogP contribution is 2.10. The first-order chi connectivity index (χ1) is 8.69. The number of pyridine rings is 1. The molecule has 0 bridgehead atoms. The van der Waals surface area contributed by atoms with Crippen LogP contribution in [0.3, 0.4) is 0 Å². The predicted molar refractivity (Wildman–Crippen MR) is 74.3 cm³/mol. The minimum Gasteiger partial charge on any atom is -0.397 e. The van der Waals surface area contributed by atoms with Gasteiger partial charge in [-0.3, -0.25) is 4.79 Å². The van der Waals surface area contributed by atoms with Crippen molar-refractivity contribution in [3.63, 3.8) is 0 Å². The van der Waals surface area contributed by atoms with Gasteiger partial charge in [0.15, 0.2) is 5.69 Å². The zero-order valence-corrected chi connectivity index (χ0v) is 11.3. The van der Waals surface area contributed by atoms with Crippen molar-refractivity contribution >= 4 is 11.6 Å². The van der Waals surface area contributed by atoms with E-state index in [0.29, 0.717) is 11.4 Å². The first-order valence-corrected chi connectivity index (χ1v) is 6.70. The molecule has 1 heterocycles. The second-order valence-corrected chi connectivity index (χ2v) is 4.54. The number of aromatic nitrogens is 1. The number of carbonyl (C=O) groups excluding carboxylic acids is 1. The first-order valence-electron chi connectivity index (χ1n) is 6.70. The molecule has 0 aliphatic rings. The van der Waals surface area contributed by atoms with Crippen molar-refractivity contribution in [2.24, 2.45) is 0 Å². The van der Waals surface area contributed by atoms with E-state index in [1.165, 1.54) is 0 Å². The summed E-state index contributed by atoms with van der Waals surface area (Å²) in [6.45, 7) is 4.28. The molecule has 18 heavy (non-hydrogen) atoms. The molecule has 1 atom stereocenters. The van der Waals surface area contributed by atoms with Crippen LogP contribution in [0.2, 0.25) is 0 Å². The smallest absolute Gasteiger partial charge is 0.272 e. The van der Waals surface area contributed by atoms with Crippen LogP contribution in [-0.4, -0.2) is 16.9 Å². The zero-order valence-electron chi connectivity index (χ0n) is 11.3. The maximum atomic E-state index is 12.1. The Morgan fingerprint density at radius 3 is 2.78 bits per heavy atom. The number of nitrogen functional groups attached to an aromatic ring is 1. The quantitative estimate of drug-likeness (QED) is 0.780. The van der Waals surface area contributed by atoms with Gasteiger partial charge in [-0.1, -0.05) is 33.1 Å². The number of anilines is 1. The number of hydrogen-bond acceptors (Lipinski definition) is 3. The Morgan fingerprint density at radius 2 is 2.17 bits per heavy atom. The third-order valence-electron chi connectivity index (χ3n) is 2.93. The van der Waals surface area contributed by atoms with Crippen molar-refractivity contribution < 1.29 is 4.79 Å². The topological polar surface area (TPSA) is 68.0 Å². The van der Waals surface area contributed by atoms with Gasteiger partial charge in [-0.15, -0.1) is 0 Å². The number of nitrogens with zero attached hydrogens (tertiary/aromatic N) is 1. The molecule has 0 fully saturated rings. The van der Waals surface area contributed by atoms with E-state index in [-0.39, 0.29) is 11.9 Å². The third kappa shape index (κ3) is 4.35. The molecule has 0 aliphatic carbocycles. The standard InChI is InChI=1S/C14H23N3O/c1-3-5-8-11(7-4-2)17-14(18)13-12(15)9-6-10-16-13/h6,9-11H,3-5,7-8,15H2,1-2H3,(H,17,18). The molecule has 1 amide bonds. The number of carbonyl (C=O) groups is 1. The fourth-order valence-corrected chi connectivity index (χ4v) is 1.95. The van der Waals surface area contributed by atoms with Gasteiger partial charge in [0.2, 0.25) is 0 Å². The summed E-state index contributed by atoms with van der Waals surface area (Å²) in [5.41, 5.74) is 6.51. The Bertz CT molecular complexity index is 379. The molecule has 0 aliphatic heterocycles. The van der Waals surface area contributed by atoms with E-state index in [4.69, 9.17) is 5.73 Å². The van der Waals surface area contributed by atoms with Crippen LogP contribution in [0.4, 0.5) is 5.69 Å². The summed E-state index contributed by atoms with van der Waals surface area (Å²) in [4.78, 5) is 16.1. The molecule has 3 N–H and O–H groups in total. The lowest BCUT2D eigenvalue weighted by molar-refractivity contribution is 0.0928. The Labute approximate surface area is 109 Å². The molecule has 1 aromatic heterocycles. The number of amides is 1. The molecule has 0 saturated heterocycles. The SMILES string of the molecule is CCCCC(CCC)NC(=O)c1ncccc1N. The van der Waals surface area contributed by atoms with Crippen molar-refractivity contribution in [2.75, 3.05) is 5.73 Å². The normalized spacial score (nSPS) is 12.1. The van der Waals surface area contributed by atoms with Crippen LogP contribution in [-0.2, 0) is 0 Å². The summed E-state index contributed by atoms with van der Waals surface area (Å²) >= 11 is 0. The third-order valence-corrected chi connectivity index (χ3v) is 2.93. The maximum Gasteiger partial charge on any atom is 0.272 e.